The van der Waals surface area contributed by atoms with Gasteiger partial charge in [0.1, 0.15) is 17.2 Å². The zero-order valence-electron chi connectivity index (χ0n) is 15.2. The van der Waals surface area contributed by atoms with Crippen LogP contribution in [0.4, 0.5) is 29.3 Å². The quantitative estimate of drug-likeness (QED) is 0.586. The van der Waals surface area contributed by atoms with E-state index in [4.69, 9.17) is 9.47 Å². The second kappa shape index (κ2) is 8.51. The van der Waals surface area contributed by atoms with Crippen molar-refractivity contribution in [2.75, 3.05) is 17.7 Å². The molecule has 2 amide bonds. The summed E-state index contributed by atoms with van der Waals surface area (Å²) < 4.78 is 49.1. The largest absolute Gasteiger partial charge is 0.497 e. The Morgan fingerprint density at radius 3 is 2.41 bits per heavy atom. The van der Waals surface area contributed by atoms with E-state index >= 15 is 0 Å². The lowest BCUT2D eigenvalue weighted by Crippen LogP contribution is -2.19. The van der Waals surface area contributed by atoms with Gasteiger partial charge >= 0.3 is 12.2 Å². The summed E-state index contributed by atoms with van der Waals surface area (Å²) in [4.78, 5) is 16.2. The van der Waals surface area contributed by atoms with Gasteiger partial charge in [-0.25, -0.2) is 9.78 Å². The van der Waals surface area contributed by atoms with Crippen LogP contribution in [0.15, 0.2) is 66.9 Å². The summed E-state index contributed by atoms with van der Waals surface area (Å²) in [7, 11) is 1.53. The van der Waals surface area contributed by atoms with E-state index < -0.39 is 17.8 Å². The summed E-state index contributed by atoms with van der Waals surface area (Å²) in [6, 6.07) is 13.6. The Kier molecular flexibility index (Phi) is 5.87. The van der Waals surface area contributed by atoms with E-state index in [1.807, 2.05) is 0 Å². The van der Waals surface area contributed by atoms with Gasteiger partial charge in [-0.1, -0.05) is 6.07 Å². The number of rotatable bonds is 5. The number of methoxy groups -OCH3 is 1. The second-order valence-corrected chi connectivity index (χ2v) is 5.79. The van der Waals surface area contributed by atoms with Crippen molar-refractivity contribution in [1.29, 1.82) is 0 Å². The lowest BCUT2D eigenvalue weighted by atomic mass is 10.2. The molecule has 0 bridgehead atoms. The molecule has 2 aromatic carbocycles. The fourth-order valence-corrected chi connectivity index (χ4v) is 2.37. The Balaban J connectivity index is 1.72. The molecular weight excluding hydrogens is 387 g/mol. The van der Waals surface area contributed by atoms with Gasteiger partial charge in [0.15, 0.2) is 0 Å². The van der Waals surface area contributed by atoms with Crippen LogP contribution in [-0.4, -0.2) is 18.1 Å². The highest BCUT2D eigenvalue weighted by Gasteiger charge is 2.30. The van der Waals surface area contributed by atoms with Crippen LogP contribution in [0.1, 0.15) is 5.56 Å². The monoisotopic (exact) mass is 403 g/mol. The summed E-state index contributed by atoms with van der Waals surface area (Å²) in [6.45, 7) is 0. The van der Waals surface area contributed by atoms with E-state index in [1.165, 1.54) is 31.5 Å². The number of alkyl halides is 3. The van der Waals surface area contributed by atoms with E-state index in [-0.39, 0.29) is 17.3 Å². The molecule has 0 unspecified atom stereocenters. The zero-order chi connectivity index (χ0) is 20.9. The van der Waals surface area contributed by atoms with Crippen molar-refractivity contribution in [2.24, 2.45) is 0 Å². The number of hydrogen-bond acceptors (Lipinski definition) is 4. The molecule has 9 heteroatoms. The first-order valence-corrected chi connectivity index (χ1v) is 8.37. The molecule has 3 aromatic rings. The van der Waals surface area contributed by atoms with Crippen LogP contribution >= 0.6 is 0 Å². The number of anilines is 2. The summed E-state index contributed by atoms with van der Waals surface area (Å²) in [5.74, 6) is 0.536. The van der Waals surface area contributed by atoms with Gasteiger partial charge in [0, 0.05) is 11.9 Å². The first-order chi connectivity index (χ1) is 13.8. The fraction of sp³-hybridized carbons (Fsp3) is 0.100. The molecule has 0 aliphatic rings. The summed E-state index contributed by atoms with van der Waals surface area (Å²) in [6.07, 6.45) is -3.10. The van der Waals surface area contributed by atoms with E-state index in [9.17, 15) is 18.0 Å². The highest BCUT2D eigenvalue weighted by molar-refractivity contribution is 6.00. The van der Waals surface area contributed by atoms with Gasteiger partial charge in [-0.05, 0) is 54.6 Å². The third kappa shape index (κ3) is 5.38. The molecule has 0 saturated heterocycles. The summed E-state index contributed by atoms with van der Waals surface area (Å²) in [5.41, 5.74) is -0.138. The number of pyridine rings is 1. The summed E-state index contributed by atoms with van der Waals surface area (Å²) >= 11 is 0. The van der Waals surface area contributed by atoms with Crippen molar-refractivity contribution in [3.63, 3.8) is 0 Å². The van der Waals surface area contributed by atoms with Gasteiger partial charge in [-0.2, -0.15) is 13.2 Å². The average Bonchev–Trinajstić information content (AvgIpc) is 2.69. The molecule has 0 aliphatic heterocycles. The Bertz CT molecular complexity index is 992. The number of nitrogens with zero attached hydrogens (tertiary/aromatic N) is 1. The number of hydrogen-bond donors (Lipinski definition) is 2. The van der Waals surface area contributed by atoms with Crippen LogP contribution in [0.2, 0.25) is 0 Å². The SMILES string of the molecule is COc1ccc(NC(=O)Nc2cccnc2Oc2cccc(C(F)(F)F)c2)cc1. The van der Waals surface area contributed by atoms with Crippen LogP contribution in [0.3, 0.4) is 0 Å². The maximum Gasteiger partial charge on any atom is 0.416 e. The van der Waals surface area contributed by atoms with E-state index in [0.717, 1.165) is 12.1 Å². The number of nitrogens with one attached hydrogen (secondary N) is 2. The lowest BCUT2D eigenvalue weighted by Gasteiger charge is -2.13. The number of aromatic nitrogens is 1. The highest BCUT2D eigenvalue weighted by atomic mass is 19.4. The maximum atomic E-state index is 12.9. The predicted molar refractivity (Wildman–Crippen MR) is 101 cm³/mol. The van der Waals surface area contributed by atoms with Gasteiger partial charge in [-0.15, -0.1) is 0 Å². The standard InChI is InChI=1S/C20H16F3N3O3/c1-28-15-9-7-14(8-10-15)25-19(27)26-17-6-3-11-24-18(17)29-16-5-2-4-13(12-16)20(21,22)23/h2-12H,1H3,(H2,25,26,27). The molecule has 0 aliphatic carbocycles. The lowest BCUT2D eigenvalue weighted by molar-refractivity contribution is -0.137. The predicted octanol–water partition coefficient (Wildman–Crippen LogP) is 5.55. The van der Waals surface area contributed by atoms with E-state index in [2.05, 4.69) is 15.6 Å². The average molecular weight is 403 g/mol. The number of carbonyl (C=O) groups excluding carboxylic acids is 1. The number of benzene rings is 2. The van der Waals surface area contributed by atoms with E-state index in [1.54, 1.807) is 30.3 Å². The van der Waals surface area contributed by atoms with Crippen LogP contribution < -0.4 is 20.1 Å². The van der Waals surface area contributed by atoms with Crippen molar-refractivity contribution >= 4 is 17.4 Å². The van der Waals surface area contributed by atoms with Gasteiger partial charge in [0.2, 0.25) is 5.88 Å². The number of urea groups is 1. The van der Waals surface area contributed by atoms with Crippen molar-refractivity contribution in [3.05, 3.63) is 72.4 Å². The maximum absolute atomic E-state index is 12.9. The molecule has 1 heterocycles. The molecule has 3 rings (SSSR count). The minimum Gasteiger partial charge on any atom is -0.497 e. The highest BCUT2D eigenvalue weighted by Crippen LogP contribution is 2.33. The number of carbonyl (C=O) groups is 1. The van der Waals surface area contributed by atoms with Crippen LogP contribution in [0.5, 0.6) is 17.4 Å². The molecule has 150 valence electrons. The number of amides is 2. The Hall–Kier alpha value is -3.75. The van der Waals surface area contributed by atoms with Crippen LogP contribution in [-0.2, 0) is 6.18 Å². The van der Waals surface area contributed by atoms with Crippen LogP contribution in [0, 0.1) is 0 Å². The molecule has 6 nitrogen and oxygen atoms in total. The van der Waals surface area contributed by atoms with Crippen molar-refractivity contribution in [2.45, 2.75) is 6.18 Å². The third-order valence-electron chi connectivity index (χ3n) is 3.74. The Morgan fingerprint density at radius 2 is 1.72 bits per heavy atom. The molecule has 0 fully saturated rings. The molecule has 1 aromatic heterocycles. The third-order valence-corrected chi connectivity index (χ3v) is 3.74. The van der Waals surface area contributed by atoms with Gasteiger partial charge in [0.05, 0.1) is 12.7 Å². The molecule has 0 radical (unpaired) electrons. The second-order valence-electron chi connectivity index (χ2n) is 5.79. The minimum atomic E-state index is -4.50. The molecule has 0 atom stereocenters. The van der Waals surface area contributed by atoms with Gasteiger partial charge < -0.3 is 20.1 Å². The van der Waals surface area contributed by atoms with E-state index in [0.29, 0.717) is 11.4 Å². The van der Waals surface area contributed by atoms with Crippen molar-refractivity contribution < 1.29 is 27.4 Å². The summed E-state index contributed by atoms with van der Waals surface area (Å²) in [5, 5.41) is 5.19. The van der Waals surface area contributed by atoms with Gasteiger partial charge in [-0.3, -0.25) is 0 Å². The zero-order valence-corrected chi connectivity index (χ0v) is 15.2. The molecule has 0 spiro atoms. The first kappa shape index (κ1) is 20.0. The number of halogens is 3. The molecule has 0 saturated carbocycles. The van der Waals surface area contributed by atoms with Crippen molar-refractivity contribution in [3.8, 4) is 17.4 Å². The fourth-order valence-electron chi connectivity index (χ4n) is 2.37. The molecule has 29 heavy (non-hydrogen) atoms. The first-order valence-electron chi connectivity index (χ1n) is 8.37. The van der Waals surface area contributed by atoms with Crippen LogP contribution in [0.25, 0.3) is 0 Å². The normalized spacial score (nSPS) is 10.9. The topological polar surface area (TPSA) is 72.5 Å². The minimum absolute atomic E-state index is 0.0447. The van der Waals surface area contributed by atoms with Crippen molar-refractivity contribution in [1.82, 2.24) is 4.98 Å². The molecular formula is C20H16F3N3O3. The number of ether oxygens (including phenoxy) is 2. The Labute approximate surface area is 164 Å². The smallest absolute Gasteiger partial charge is 0.416 e. The molecule has 2 N–H and O–H groups in total. The Morgan fingerprint density at radius 1 is 0.966 bits per heavy atom. The van der Waals surface area contributed by atoms with Gasteiger partial charge in [0.25, 0.3) is 0 Å².